The van der Waals surface area contributed by atoms with Crippen molar-refractivity contribution in [1.29, 1.82) is 0 Å². The van der Waals surface area contributed by atoms with Crippen molar-refractivity contribution >= 4 is 21.9 Å². The molecule has 3 aromatic rings. The van der Waals surface area contributed by atoms with Crippen molar-refractivity contribution in [3.05, 3.63) is 64.7 Å². The molecule has 23 heavy (non-hydrogen) atoms. The van der Waals surface area contributed by atoms with Gasteiger partial charge in [0.25, 0.3) is 5.89 Å². The summed E-state index contributed by atoms with van der Waals surface area (Å²) in [5, 5.41) is 7.91. The molecule has 0 aliphatic heterocycles. The van der Waals surface area contributed by atoms with Crippen molar-refractivity contribution in [2.24, 2.45) is 0 Å². The lowest BCUT2D eigenvalue weighted by Gasteiger charge is -2.09. The van der Waals surface area contributed by atoms with Gasteiger partial charge in [-0.15, -0.1) is 10.2 Å². The molecule has 1 aromatic carbocycles. The number of benzene rings is 1. The summed E-state index contributed by atoms with van der Waals surface area (Å²) in [6.45, 7) is 1.67. The van der Waals surface area contributed by atoms with Crippen LogP contribution < -0.4 is 0 Å². The van der Waals surface area contributed by atoms with E-state index in [1.165, 1.54) is 6.20 Å². The molecule has 0 saturated carbocycles. The molecule has 0 bridgehead atoms. The van der Waals surface area contributed by atoms with Gasteiger partial charge in [-0.1, -0.05) is 18.2 Å². The zero-order valence-corrected chi connectivity index (χ0v) is 13.7. The summed E-state index contributed by atoms with van der Waals surface area (Å²) >= 11 is 3.26. The lowest BCUT2D eigenvalue weighted by molar-refractivity contribution is 0.0279. The first-order valence-electron chi connectivity index (χ1n) is 6.84. The van der Waals surface area contributed by atoms with Gasteiger partial charge >= 0.3 is 5.97 Å². The van der Waals surface area contributed by atoms with Gasteiger partial charge in [0.15, 0.2) is 6.10 Å². The Morgan fingerprint density at radius 2 is 2.00 bits per heavy atom. The number of carbonyl (C=O) groups is 1. The van der Waals surface area contributed by atoms with Gasteiger partial charge in [0, 0.05) is 22.4 Å². The van der Waals surface area contributed by atoms with E-state index in [4.69, 9.17) is 9.15 Å². The fraction of sp³-hybridized carbons (Fsp3) is 0.125. The Labute approximate surface area is 140 Å². The molecule has 3 rings (SSSR count). The first-order chi connectivity index (χ1) is 11.1. The van der Waals surface area contributed by atoms with Crippen molar-refractivity contribution in [3.63, 3.8) is 0 Å². The number of ether oxygens (including phenoxy) is 1. The number of aromatic nitrogens is 3. The highest BCUT2D eigenvalue weighted by atomic mass is 79.9. The van der Waals surface area contributed by atoms with Gasteiger partial charge in [-0.2, -0.15) is 0 Å². The fourth-order valence-corrected chi connectivity index (χ4v) is 2.26. The average Bonchev–Trinajstić information content (AvgIpc) is 3.06. The maximum absolute atomic E-state index is 12.1. The van der Waals surface area contributed by atoms with Crippen molar-refractivity contribution in [1.82, 2.24) is 15.2 Å². The number of rotatable bonds is 4. The predicted octanol–water partition coefficient (Wildman–Crippen LogP) is 3.81. The van der Waals surface area contributed by atoms with Crippen LogP contribution in [0.25, 0.3) is 11.5 Å². The molecule has 116 valence electrons. The predicted molar refractivity (Wildman–Crippen MR) is 85.5 cm³/mol. The largest absolute Gasteiger partial charge is 0.449 e. The van der Waals surface area contributed by atoms with Crippen molar-refractivity contribution in [2.75, 3.05) is 0 Å². The second-order valence-corrected chi connectivity index (χ2v) is 5.67. The van der Waals surface area contributed by atoms with E-state index in [1.54, 1.807) is 19.2 Å². The first kappa shape index (κ1) is 15.4. The SMILES string of the molecule is C[C@H](OC(=O)c1cncc(Br)c1)c1nnc(-c2ccccc2)o1. The van der Waals surface area contributed by atoms with Crippen molar-refractivity contribution in [2.45, 2.75) is 13.0 Å². The highest BCUT2D eigenvalue weighted by molar-refractivity contribution is 9.10. The molecule has 0 unspecified atom stereocenters. The van der Waals surface area contributed by atoms with E-state index in [9.17, 15) is 4.79 Å². The minimum absolute atomic E-state index is 0.236. The molecule has 0 spiro atoms. The molecule has 0 saturated heterocycles. The first-order valence-corrected chi connectivity index (χ1v) is 7.63. The number of hydrogen-bond donors (Lipinski definition) is 0. The second kappa shape index (κ2) is 6.70. The van der Waals surface area contributed by atoms with E-state index in [0.29, 0.717) is 15.9 Å². The highest BCUT2D eigenvalue weighted by Gasteiger charge is 2.20. The van der Waals surface area contributed by atoms with E-state index >= 15 is 0 Å². The molecule has 0 aliphatic rings. The highest BCUT2D eigenvalue weighted by Crippen LogP contribution is 2.23. The Morgan fingerprint density at radius 1 is 1.22 bits per heavy atom. The molecule has 7 heteroatoms. The minimum Gasteiger partial charge on any atom is -0.449 e. The molecule has 6 nitrogen and oxygen atoms in total. The topological polar surface area (TPSA) is 78.1 Å². The maximum atomic E-state index is 12.1. The Balaban J connectivity index is 1.73. The molecule has 0 amide bonds. The van der Waals surface area contributed by atoms with Crippen LogP contribution in [0, 0.1) is 0 Å². The molecule has 0 N–H and O–H groups in total. The van der Waals surface area contributed by atoms with Crippen LogP contribution in [0.3, 0.4) is 0 Å². The van der Waals surface area contributed by atoms with Crippen LogP contribution in [0.4, 0.5) is 0 Å². The summed E-state index contributed by atoms with van der Waals surface area (Å²) in [5.41, 5.74) is 1.15. The van der Waals surface area contributed by atoms with Gasteiger partial charge in [-0.25, -0.2) is 4.79 Å². The summed E-state index contributed by atoms with van der Waals surface area (Å²) in [6.07, 6.45) is 2.36. The van der Waals surface area contributed by atoms with Crippen LogP contribution in [0.15, 0.2) is 57.7 Å². The van der Waals surface area contributed by atoms with Crippen LogP contribution in [0.1, 0.15) is 29.3 Å². The molecule has 2 heterocycles. The van der Waals surface area contributed by atoms with Crippen LogP contribution in [-0.4, -0.2) is 21.2 Å². The van der Waals surface area contributed by atoms with E-state index in [1.807, 2.05) is 30.3 Å². The molecule has 1 atom stereocenters. The fourth-order valence-electron chi connectivity index (χ4n) is 1.90. The molecule has 0 fully saturated rings. The second-order valence-electron chi connectivity index (χ2n) is 4.75. The Bertz CT molecular complexity index is 820. The van der Waals surface area contributed by atoms with Gasteiger partial charge in [0.2, 0.25) is 5.89 Å². The van der Waals surface area contributed by atoms with Gasteiger partial charge in [0.1, 0.15) is 0 Å². The standard InChI is InChI=1S/C16H12BrN3O3/c1-10(22-16(21)12-7-13(17)9-18-8-12)14-19-20-15(23-14)11-5-3-2-4-6-11/h2-10H,1H3/t10-/m0/s1. The summed E-state index contributed by atoms with van der Waals surface area (Å²) in [7, 11) is 0. The number of carbonyl (C=O) groups excluding carboxylic acids is 1. The number of halogens is 1. The van der Waals surface area contributed by atoms with E-state index < -0.39 is 12.1 Å². The average molecular weight is 374 g/mol. The van der Waals surface area contributed by atoms with Crippen LogP contribution in [0.2, 0.25) is 0 Å². The third kappa shape index (κ3) is 3.62. The van der Waals surface area contributed by atoms with Gasteiger partial charge < -0.3 is 9.15 Å². The van der Waals surface area contributed by atoms with Gasteiger partial charge in [0.05, 0.1) is 5.56 Å². The summed E-state index contributed by atoms with van der Waals surface area (Å²) in [6, 6.07) is 11.0. The van der Waals surface area contributed by atoms with Gasteiger partial charge in [-0.3, -0.25) is 4.98 Å². The van der Waals surface area contributed by atoms with Crippen LogP contribution in [-0.2, 0) is 4.74 Å². The van der Waals surface area contributed by atoms with Crippen molar-refractivity contribution < 1.29 is 13.9 Å². The van der Waals surface area contributed by atoms with Crippen LogP contribution in [0.5, 0.6) is 0 Å². The van der Waals surface area contributed by atoms with E-state index in [2.05, 4.69) is 31.1 Å². The third-order valence-corrected chi connectivity index (χ3v) is 3.47. The zero-order chi connectivity index (χ0) is 16.2. The minimum atomic E-state index is -0.661. The summed E-state index contributed by atoms with van der Waals surface area (Å²) < 4.78 is 11.6. The Kier molecular flexibility index (Phi) is 4.47. The lowest BCUT2D eigenvalue weighted by atomic mass is 10.2. The monoisotopic (exact) mass is 373 g/mol. The smallest absolute Gasteiger partial charge is 0.340 e. The number of esters is 1. The molecule has 0 radical (unpaired) electrons. The quantitative estimate of drug-likeness (QED) is 0.647. The normalized spacial score (nSPS) is 11.9. The number of nitrogens with zero attached hydrogens (tertiary/aromatic N) is 3. The molecular formula is C16H12BrN3O3. The molecule has 2 aromatic heterocycles. The number of pyridine rings is 1. The maximum Gasteiger partial charge on any atom is 0.340 e. The molecular weight excluding hydrogens is 362 g/mol. The van der Waals surface area contributed by atoms with Crippen molar-refractivity contribution in [3.8, 4) is 11.5 Å². The van der Waals surface area contributed by atoms with Crippen LogP contribution >= 0.6 is 15.9 Å². The Hall–Kier alpha value is -2.54. The summed E-state index contributed by atoms with van der Waals surface area (Å²) in [5.74, 6) is 0.110. The zero-order valence-electron chi connectivity index (χ0n) is 12.1. The Morgan fingerprint density at radius 3 is 2.74 bits per heavy atom. The van der Waals surface area contributed by atoms with E-state index in [-0.39, 0.29) is 5.89 Å². The van der Waals surface area contributed by atoms with E-state index in [0.717, 1.165) is 5.56 Å². The lowest BCUT2D eigenvalue weighted by Crippen LogP contribution is -2.10. The third-order valence-electron chi connectivity index (χ3n) is 3.03. The number of hydrogen-bond acceptors (Lipinski definition) is 6. The van der Waals surface area contributed by atoms with Gasteiger partial charge in [-0.05, 0) is 41.1 Å². The summed E-state index contributed by atoms with van der Waals surface area (Å²) in [4.78, 5) is 16.0. The molecule has 0 aliphatic carbocycles.